The minimum Gasteiger partial charge on any atom is -0.473 e. The molecule has 0 aliphatic rings. The maximum Gasteiger partial charge on any atom is 0.243 e. The van der Waals surface area contributed by atoms with Crippen molar-refractivity contribution < 1.29 is 9.21 Å². The van der Waals surface area contributed by atoms with Crippen LogP contribution in [-0.4, -0.2) is 12.0 Å². The zero-order valence-electron chi connectivity index (χ0n) is 5.65. The molecule has 0 atom stereocenters. The number of hydrogen-bond donors (Lipinski definition) is 2. The molecule has 0 saturated heterocycles. The van der Waals surface area contributed by atoms with E-state index in [0.29, 0.717) is 0 Å². The van der Waals surface area contributed by atoms with Gasteiger partial charge in [-0.3, -0.25) is 5.41 Å². The number of nitrogens with one attached hydrogen (secondary N) is 1. The van der Waals surface area contributed by atoms with Gasteiger partial charge >= 0.3 is 0 Å². The summed E-state index contributed by atoms with van der Waals surface area (Å²) >= 11 is 0. The van der Waals surface area contributed by atoms with Crippen molar-refractivity contribution in [3.05, 3.63) is 24.7 Å². The summed E-state index contributed by atoms with van der Waals surface area (Å²) in [5, 5.41) is 6.24. The maximum atomic E-state index is 9.10. The van der Waals surface area contributed by atoms with Crippen molar-refractivity contribution in [1.82, 2.24) is 0 Å². The van der Waals surface area contributed by atoms with Gasteiger partial charge in [0.25, 0.3) is 0 Å². The molecule has 0 fully saturated rings. The third-order valence-corrected chi connectivity index (χ3v) is 0.591. The molecule has 0 saturated carbocycles. The van der Waals surface area contributed by atoms with Gasteiger partial charge in [-0.2, -0.15) is 0 Å². The van der Waals surface area contributed by atoms with Crippen molar-refractivity contribution >= 4 is 12.0 Å². The van der Waals surface area contributed by atoms with Gasteiger partial charge in [0.1, 0.15) is 0 Å². The summed E-state index contributed by atoms with van der Waals surface area (Å²) in [5.41, 5.74) is 4.56. The lowest BCUT2D eigenvalue weighted by molar-refractivity contribution is 0.565. The van der Waals surface area contributed by atoms with Crippen LogP contribution in [0.3, 0.4) is 0 Å². The Hall–Kier alpha value is -1.87. The highest BCUT2D eigenvalue weighted by Gasteiger charge is 1.69. The summed E-state index contributed by atoms with van der Waals surface area (Å²) in [4.78, 5) is 11.8. The molecule has 0 spiro atoms. The highest BCUT2D eigenvalue weighted by atomic mass is 16.3. The monoisotopic (exact) mass is 153 g/mol. The van der Waals surface area contributed by atoms with E-state index in [2.05, 4.69) is 15.1 Å². The summed E-state index contributed by atoms with van der Waals surface area (Å²) < 4.78 is 4.58. The van der Waals surface area contributed by atoms with E-state index < -0.39 is 5.96 Å². The summed E-state index contributed by atoms with van der Waals surface area (Å²) in [6.07, 6.45) is 4.34. The molecule has 0 aliphatic carbocycles. The second kappa shape index (κ2) is 6.25. The number of guanidine groups is 1. The fourth-order valence-electron chi connectivity index (χ4n) is 0.276. The molecule has 1 rings (SSSR count). The number of hydrogen-bond acceptors (Lipinski definition) is 3. The maximum absolute atomic E-state index is 9.10. The molecule has 0 aliphatic heterocycles. The van der Waals surface area contributed by atoms with Gasteiger partial charge in [-0.05, 0) is 12.1 Å². The van der Waals surface area contributed by atoms with E-state index in [4.69, 9.17) is 10.2 Å². The molecular formula is C6H7N3O2. The second-order valence-electron chi connectivity index (χ2n) is 1.38. The van der Waals surface area contributed by atoms with E-state index >= 15 is 0 Å². The second-order valence-corrected chi connectivity index (χ2v) is 1.38. The highest BCUT2D eigenvalue weighted by Crippen LogP contribution is 1.79. The van der Waals surface area contributed by atoms with Gasteiger partial charge in [0, 0.05) is 0 Å². The molecule has 11 heavy (non-hydrogen) atoms. The number of carbonyl (C=O) groups excluding carboxylic acids is 1. The van der Waals surface area contributed by atoms with E-state index in [1.54, 1.807) is 12.5 Å². The summed E-state index contributed by atoms with van der Waals surface area (Å²) in [7, 11) is 0. The van der Waals surface area contributed by atoms with Crippen LogP contribution in [-0.2, 0) is 4.79 Å². The molecular weight excluding hydrogens is 146 g/mol. The number of nitrogens with two attached hydrogens (primary N) is 1. The third-order valence-electron chi connectivity index (χ3n) is 0.591. The normalized spacial score (nSPS) is 6.91. The first-order valence-corrected chi connectivity index (χ1v) is 2.66. The Morgan fingerprint density at radius 2 is 2.09 bits per heavy atom. The zero-order chi connectivity index (χ0) is 8.53. The van der Waals surface area contributed by atoms with Crippen LogP contribution in [0.15, 0.2) is 34.1 Å². The van der Waals surface area contributed by atoms with Gasteiger partial charge in [-0.25, -0.2) is 4.79 Å². The summed E-state index contributed by atoms with van der Waals surface area (Å²) in [5.74, 6) is -0.509. The highest BCUT2D eigenvalue weighted by molar-refractivity contribution is 5.79. The van der Waals surface area contributed by atoms with Crippen LogP contribution < -0.4 is 5.73 Å². The average molecular weight is 153 g/mol. The van der Waals surface area contributed by atoms with Crippen LogP contribution in [0.5, 0.6) is 0 Å². The molecule has 0 bridgehead atoms. The average Bonchev–Trinajstić information content (AvgIpc) is 2.41. The molecule has 5 nitrogen and oxygen atoms in total. The van der Waals surface area contributed by atoms with Gasteiger partial charge in [-0.15, -0.1) is 4.99 Å². The number of aliphatic imine (C=N–C) groups is 1. The fraction of sp³-hybridized carbons (Fsp3) is 0. The number of rotatable bonds is 0. The van der Waals surface area contributed by atoms with Crippen molar-refractivity contribution in [3.63, 3.8) is 0 Å². The van der Waals surface area contributed by atoms with E-state index in [9.17, 15) is 0 Å². The first kappa shape index (κ1) is 9.13. The molecule has 5 heteroatoms. The SMILES string of the molecule is N=C(N)N=C=O.c1ccoc1. The van der Waals surface area contributed by atoms with Crippen molar-refractivity contribution in [3.8, 4) is 0 Å². The van der Waals surface area contributed by atoms with Crippen molar-refractivity contribution in [2.75, 3.05) is 0 Å². The smallest absolute Gasteiger partial charge is 0.243 e. The Kier molecular flexibility index (Phi) is 5.19. The molecule has 1 heterocycles. The van der Waals surface area contributed by atoms with Crippen LogP contribution in [0, 0.1) is 5.41 Å². The van der Waals surface area contributed by atoms with Crippen LogP contribution in [0.4, 0.5) is 0 Å². The lowest BCUT2D eigenvalue weighted by atomic mass is 10.7. The Bertz CT molecular complexity index is 219. The molecule has 0 amide bonds. The van der Waals surface area contributed by atoms with Gasteiger partial charge < -0.3 is 10.2 Å². The summed E-state index contributed by atoms with van der Waals surface area (Å²) in [6, 6.07) is 3.67. The van der Waals surface area contributed by atoms with E-state index in [1.807, 2.05) is 12.1 Å². The van der Waals surface area contributed by atoms with Crippen LogP contribution in [0.25, 0.3) is 0 Å². The van der Waals surface area contributed by atoms with Crippen molar-refractivity contribution in [2.24, 2.45) is 10.7 Å². The Labute approximate surface area is 63.0 Å². The van der Waals surface area contributed by atoms with Crippen LogP contribution in [0.1, 0.15) is 0 Å². The zero-order valence-corrected chi connectivity index (χ0v) is 5.65. The van der Waals surface area contributed by atoms with E-state index in [0.717, 1.165) is 6.08 Å². The Balaban J connectivity index is 0.000000183. The first-order valence-electron chi connectivity index (χ1n) is 2.66. The number of furan rings is 1. The third kappa shape index (κ3) is 8.13. The van der Waals surface area contributed by atoms with Gasteiger partial charge in [0.15, 0.2) is 0 Å². The predicted molar refractivity (Wildman–Crippen MR) is 38.7 cm³/mol. The summed E-state index contributed by atoms with van der Waals surface area (Å²) in [6.45, 7) is 0. The van der Waals surface area contributed by atoms with Crippen LogP contribution in [0.2, 0.25) is 0 Å². The number of isocyanates is 1. The minimum atomic E-state index is -0.509. The quantitative estimate of drug-likeness (QED) is 0.323. The minimum absolute atomic E-state index is 0.509. The molecule has 1 aromatic heterocycles. The molecule has 0 unspecified atom stereocenters. The molecule has 0 aromatic carbocycles. The Morgan fingerprint density at radius 3 is 2.18 bits per heavy atom. The Morgan fingerprint density at radius 1 is 1.55 bits per heavy atom. The predicted octanol–water partition coefficient (Wildman–Crippen LogP) is 0.495. The number of nitrogens with zero attached hydrogens (tertiary/aromatic N) is 1. The largest absolute Gasteiger partial charge is 0.473 e. The van der Waals surface area contributed by atoms with Crippen molar-refractivity contribution in [1.29, 1.82) is 5.41 Å². The lowest BCUT2D eigenvalue weighted by Crippen LogP contribution is -2.03. The topological polar surface area (TPSA) is 92.4 Å². The van der Waals surface area contributed by atoms with Gasteiger partial charge in [-0.1, -0.05) is 0 Å². The molecule has 0 radical (unpaired) electrons. The van der Waals surface area contributed by atoms with E-state index in [1.165, 1.54) is 0 Å². The standard InChI is InChI=1S/C4H4O.C2H3N3O/c1-2-4-5-3-1;3-2(4)5-1-6/h1-4H;(H3,3,4). The lowest BCUT2D eigenvalue weighted by Gasteiger charge is -1.69. The molecule has 3 N–H and O–H groups in total. The fourth-order valence-corrected chi connectivity index (χ4v) is 0.276. The molecule has 1 aromatic rings. The first-order chi connectivity index (χ1) is 5.27. The van der Waals surface area contributed by atoms with Crippen molar-refractivity contribution in [2.45, 2.75) is 0 Å². The van der Waals surface area contributed by atoms with E-state index in [-0.39, 0.29) is 0 Å². The molecule has 58 valence electrons. The van der Waals surface area contributed by atoms with Gasteiger partial charge in [0.2, 0.25) is 12.0 Å². The van der Waals surface area contributed by atoms with Crippen LogP contribution >= 0.6 is 0 Å². The van der Waals surface area contributed by atoms with Gasteiger partial charge in [0.05, 0.1) is 12.5 Å².